The SMILES string of the molecule is CC(CCC=O)S(=O)O. The minimum atomic E-state index is -1.77. The highest BCUT2D eigenvalue weighted by atomic mass is 32.2. The van der Waals surface area contributed by atoms with Gasteiger partial charge < -0.3 is 9.35 Å². The van der Waals surface area contributed by atoms with Gasteiger partial charge in [-0.25, -0.2) is 4.21 Å². The van der Waals surface area contributed by atoms with Gasteiger partial charge in [0.05, 0.1) is 5.25 Å². The largest absolute Gasteiger partial charge is 0.306 e. The summed E-state index contributed by atoms with van der Waals surface area (Å²) in [5, 5.41) is -0.282. The normalized spacial score (nSPS) is 16.7. The molecule has 0 aliphatic rings. The summed E-state index contributed by atoms with van der Waals surface area (Å²) in [5.74, 6) is 0. The molecule has 0 aliphatic carbocycles. The van der Waals surface area contributed by atoms with Crippen LogP contribution >= 0.6 is 0 Å². The molecular formula is C5H10O3S. The Hall–Kier alpha value is -0.220. The van der Waals surface area contributed by atoms with Gasteiger partial charge in [0.1, 0.15) is 6.29 Å². The van der Waals surface area contributed by atoms with Gasteiger partial charge in [-0.1, -0.05) is 0 Å². The lowest BCUT2D eigenvalue weighted by Gasteiger charge is -2.00. The lowest BCUT2D eigenvalue weighted by atomic mass is 10.3. The van der Waals surface area contributed by atoms with E-state index in [1.165, 1.54) is 0 Å². The zero-order chi connectivity index (χ0) is 7.28. The van der Waals surface area contributed by atoms with E-state index in [-0.39, 0.29) is 5.25 Å². The van der Waals surface area contributed by atoms with Crippen molar-refractivity contribution in [3.05, 3.63) is 0 Å². The summed E-state index contributed by atoms with van der Waals surface area (Å²) in [6.07, 6.45) is 1.61. The summed E-state index contributed by atoms with van der Waals surface area (Å²) in [4.78, 5) is 9.75. The van der Waals surface area contributed by atoms with E-state index in [9.17, 15) is 9.00 Å². The van der Waals surface area contributed by atoms with E-state index in [1.807, 2.05) is 0 Å². The van der Waals surface area contributed by atoms with Crippen molar-refractivity contribution >= 4 is 17.4 Å². The van der Waals surface area contributed by atoms with Crippen molar-refractivity contribution in [1.29, 1.82) is 0 Å². The highest BCUT2D eigenvalue weighted by Crippen LogP contribution is 1.99. The fourth-order valence-electron chi connectivity index (χ4n) is 0.404. The molecule has 0 heterocycles. The summed E-state index contributed by atoms with van der Waals surface area (Å²) < 4.78 is 18.6. The molecule has 0 aliphatic heterocycles. The van der Waals surface area contributed by atoms with Crippen LogP contribution in [-0.4, -0.2) is 20.3 Å². The molecule has 4 heteroatoms. The molecule has 54 valence electrons. The van der Waals surface area contributed by atoms with E-state index in [1.54, 1.807) is 6.92 Å². The average Bonchev–Trinajstić information content (AvgIpc) is 1.82. The van der Waals surface area contributed by atoms with Gasteiger partial charge in [0.15, 0.2) is 11.1 Å². The third-order valence-corrected chi connectivity index (χ3v) is 1.96. The van der Waals surface area contributed by atoms with Crippen molar-refractivity contribution < 1.29 is 13.6 Å². The zero-order valence-electron chi connectivity index (χ0n) is 5.24. The van der Waals surface area contributed by atoms with Crippen LogP contribution in [0.4, 0.5) is 0 Å². The standard InChI is InChI=1S/C5H10O3S/c1-5(9(7)8)3-2-4-6/h4-5H,2-3H2,1H3,(H,7,8). The van der Waals surface area contributed by atoms with E-state index < -0.39 is 11.1 Å². The molecule has 0 aromatic heterocycles. The molecule has 9 heavy (non-hydrogen) atoms. The maximum absolute atomic E-state index is 10.2. The minimum absolute atomic E-state index is 0.282. The van der Waals surface area contributed by atoms with Crippen LogP contribution in [-0.2, 0) is 15.9 Å². The molecule has 0 fully saturated rings. The maximum Gasteiger partial charge on any atom is 0.155 e. The monoisotopic (exact) mass is 150 g/mol. The Labute approximate surface area is 56.7 Å². The minimum Gasteiger partial charge on any atom is -0.306 e. The van der Waals surface area contributed by atoms with E-state index in [0.717, 1.165) is 6.29 Å². The Balaban J connectivity index is 3.37. The van der Waals surface area contributed by atoms with Gasteiger partial charge in [-0.05, 0) is 13.3 Å². The summed E-state index contributed by atoms with van der Waals surface area (Å²) in [5.41, 5.74) is 0. The second-order valence-corrected chi connectivity index (χ2v) is 3.19. The molecule has 0 amide bonds. The Morgan fingerprint density at radius 2 is 2.33 bits per heavy atom. The Bertz CT molecular complexity index is 113. The van der Waals surface area contributed by atoms with Crippen molar-refractivity contribution in [2.45, 2.75) is 25.0 Å². The quantitative estimate of drug-likeness (QED) is 0.471. The van der Waals surface area contributed by atoms with Crippen molar-refractivity contribution in [3.8, 4) is 0 Å². The fraction of sp³-hybridized carbons (Fsp3) is 0.800. The number of hydrogen-bond donors (Lipinski definition) is 1. The third-order valence-electron chi connectivity index (χ3n) is 1.04. The Morgan fingerprint density at radius 3 is 2.67 bits per heavy atom. The lowest BCUT2D eigenvalue weighted by Crippen LogP contribution is -2.08. The molecule has 0 spiro atoms. The predicted molar refractivity (Wildman–Crippen MR) is 35.5 cm³/mol. The van der Waals surface area contributed by atoms with Gasteiger partial charge in [0, 0.05) is 6.42 Å². The molecule has 0 bridgehead atoms. The fourth-order valence-corrected chi connectivity index (χ4v) is 0.741. The first-order chi connectivity index (χ1) is 4.18. The van der Waals surface area contributed by atoms with Crippen LogP contribution in [0.3, 0.4) is 0 Å². The highest BCUT2D eigenvalue weighted by Gasteiger charge is 2.05. The van der Waals surface area contributed by atoms with Crippen LogP contribution in [0.25, 0.3) is 0 Å². The van der Waals surface area contributed by atoms with Gasteiger partial charge in [0.2, 0.25) is 0 Å². The second-order valence-electron chi connectivity index (χ2n) is 1.83. The second kappa shape index (κ2) is 4.64. The lowest BCUT2D eigenvalue weighted by molar-refractivity contribution is -0.107. The van der Waals surface area contributed by atoms with E-state index in [0.29, 0.717) is 12.8 Å². The van der Waals surface area contributed by atoms with Crippen LogP contribution in [0.1, 0.15) is 19.8 Å². The van der Waals surface area contributed by atoms with Crippen LogP contribution < -0.4 is 0 Å². The van der Waals surface area contributed by atoms with Gasteiger partial charge in [-0.2, -0.15) is 0 Å². The first-order valence-electron chi connectivity index (χ1n) is 2.71. The molecule has 1 N–H and O–H groups in total. The van der Waals surface area contributed by atoms with E-state index in [4.69, 9.17) is 4.55 Å². The summed E-state index contributed by atoms with van der Waals surface area (Å²) in [7, 11) is 0. The third kappa shape index (κ3) is 4.29. The van der Waals surface area contributed by atoms with Crippen molar-refractivity contribution in [3.63, 3.8) is 0 Å². The van der Waals surface area contributed by atoms with Gasteiger partial charge >= 0.3 is 0 Å². The zero-order valence-corrected chi connectivity index (χ0v) is 6.06. The summed E-state index contributed by atoms with van der Waals surface area (Å²) in [6, 6.07) is 0. The maximum atomic E-state index is 10.2. The molecule has 2 atom stereocenters. The summed E-state index contributed by atoms with van der Waals surface area (Å²) in [6.45, 7) is 1.64. The highest BCUT2D eigenvalue weighted by molar-refractivity contribution is 7.79. The number of hydrogen-bond acceptors (Lipinski definition) is 2. The molecule has 0 aromatic rings. The van der Waals surface area contributed by atoms with Crippen molar-refractivity contribution in [2.75, 3.05) is 0 Å². The molecular weight excluding hydrogens is 140 g/mol. The van der Waals surface area contributed by atoms with Gasteiger partial charge in [-0.3, -0.25) is 0 Å². The van der Waals surface area contributed by atoms with Crippen molar-refractivity contribution in [2.24, 2.45) is 0 Å². The number of aldehydes is 1. The molecule has 0 aromatic carbocycles. The molecule has 3 nitrogen and oxygen atoms in total. The number of rotatable bonds is 4. The van der Waals surface area contributed by atoms with E-state index >= 15 is 0 Å². The topological polar surface area (TPSA) is 54.4 Å². The number of carbonyl (C=O) groups excluding carboxylic acids is 1. The molecule has 0 saturated carbocycles. The predicted octanol–water partition coefficient (Wildman–Crippen LogP) is 0.576. The van der Waals surface area contributed by atoms with Gasteiger partial charge in [-0.15, -0.1) is 0 Å². The first-order valence-corrected chi connectivity index (χ1v) is 3.88. The van der Waals surface area contributed by atoms with Crippen LogP contribution in [0.2, 0.25) is 0 Å². The molecule has 0 rings (SSSR count). The molecule has 2 unspecified atom stereocenters. The van der Waals surface area contributed by atoms with E-state index in [2.05, 4.69) is 0 Å². The first kappa shape index (κ1) is 8.78. The van der Waals surface area contributed by atoms with Crippen LogP contribution in [0.5, 0.6) is 0 Å². The van der Waals surface area contributed by atoms with Gasteiger partial charge in [0.25, 0.3) is 0 Å². The number of carbonyl (C=O) groups is 1. The molecule has 0 radical (unpaired) electrons. The summed E-state index contributed by atoms with van der Waals surface area (Å²) >= 11 is -1.77. The Kier molecular flexibility index (Phi) is 4.53. The van der Waals surface area contributed by atoms with Crippen molar-refractivity contribution in [1.82, 2.24) is 0 Å². The molecule has 0 saturated heterocycles. The van der Waals surface area contributed by atoms with Crippen LogP contribution in [0, 0.1) is 0 Å². The van der Waals surface area contributed by atoms with Crippen LogP contribution in [0.15, 0.2) is 0 Å². The Morgan fingerprint density at radius 1 is 1.78 bits per heavy atom. The smallest absolute Gasteiger partial charge is 0.155 e. The average molecular weight is 150 g/mol.